The lowest BCUT2D eigenvalue weighted by atomic mass is 10.2. The van der Waals surface area contributed by atoms with Gasteiger partial charge in [0, 0.05) is 11.8 Å². The number of carbonyl (C=O) groups is 1. The predicted octanol–water partition coefficient (Wildman–Crippen LogP) is 3.22. The van der Waals surface area contributed by atoms with Crippen LogP contribution in [0.2, 0.25) is 0 Å². The quantitative estimate of drug-likeness (QED) is 0.529. The molecule has 0 fully saturated rings. The number of rotatable bonds is 5. The van der Waals surface area contributed by atoms with E-state index in [9.17, 15) is 9.18 Å². The van der Waals surface area contributed by atoms with Gasteiger partial charge in [-0.3, -0.25) is 9.48 Å². The van der Waals surface area contributed by atoms with Gasteiger partial charge in [0.2, 0.25) is 5.91 Å². The Labute approximate surface area is 161 Å². The van der Waals surface area contributed by atoms with Crippen molar-refractivity contribution < 1.29 is 9.18 Å². The molecule has 0 saturated carbocycles. The van der Waals surface area contributed by atoms with E-state index in [0.29, 0.717) is 15.9 Å². The summed E-state index contributed by atoms with van der Waals surface area (Å²) in [5, 5.41) is 15.1. The molecule has 4 aromatic rings. The fraction of sp³-hybridized carbons (Fsp3) is 0.111. The SMILES string of the molecule is O=C(Cn1nnc2ccccc21)Nc1nn(Cc2ccccc2F)cc1Br. The summed E-state index contributed by atoms with van der Waals surface area (Å²) in [5.41, 5.74) is 2.01. The molecule has 0 aliphatic heterocycles. The van der Waals surface area contributed by atoms with E-state index in [0.717, 1.165) is 11.0 Å². The van der Waals surface area contributed by atoms with Gasteiger partial charge in [0.1, 0.15) is 17.9 Å². The average molecular weight is 429 g/mol. The van der Waals surface area contributed by atoms with Crippen molar-refractivity contribution in [2.45, 2.75) is 13.1 Å². The zero-order valence-corrected chi connectivity index (χ0v) is 15.6. The number of anilines is 1. The van der Waals surface area contributed by atoms with Crippen molar-refractivity contribution in [2.24, 2.45) is 0 Å². The third-order valence-electron chi connectivity index (χ3n) is 3.98. The van der Waals surface area contributed by atoms with Crippen molar-refractivity contribution in [2.75, 3.05) is 5.32 Å². The molecule has 0 saturated heterocycles. The molecule has 2 aromatic heterocycles. The second-order valence-electron chi connectivity index (χ2n) is 5.90. The maximum atomic E-state index is 13.8. The van der Waals surface area contributed by atoms with Crippen LogP contribution in [-0.4, -0.2) is 30.7 Å². The molecule has 2 aromatic carbocycles. The highest BCUT2D eigenvalue weighted by molar-refractivity contribution is 9.10. The Balaban J connectivity index is 1.47. The summed E-state index contributed by atoms with van der Waals surface area (Å²) in [4.78, 5) is 12.4. The van der Waals surface area contributed by atoms with Gasteiger partial charge >= 0.3 is 0 Å². The lowest BCUT2D eigenvalue weighted by molar-refractivity contribution is -0.116. The van der Waals surface area contributed by atoms with Gasteiger partial charge < -0.3 is 5.32 Å². The van der Waals surface area contributed by atoms with Crippen LogP contribution >= 0.6 is 15.9 Å². The number of para-hydroxylation sites is 1. The number of nitrogens with zero attached hydrogens (tertiary/aromatic N) is 5. The first-order chi connectivity index (χ1) is 13.1. The number of benzene rings is 2. The number of halogens is 2. The highest BCUT2D eigenvalue weighted by atomic mass is 79.9. The largest absolute Gasteiger partial charge is 0.307 e. The van der Waals surface area contributed by atoms with E-state index in [-0.39, 0.29) is 24.8 Å². The molecule has 2 heterocycles. The molecule has 0 aliphatic carbocycles. The van der Waals surface area contributed by atoms with Gasteiger partial charge in [0.15, 0.2) is 5.82 Å². The first-order valence-electron chi connectivity index (χ1n) is 8.14. The first-order valence-corrected chi connectivity index (χ1v) is 8.94. The van der Waals surface area contributed by atoms with Gasteiger partial charge in [0.25, 0.3) is 0 Å². The standard InChI is InChI=1S/C18H14BrFN6O/c19-13-10-25(9-12-5-1-2-6-14(12)20)23-18(13)21-17(27)11-26-16-8-4-3-7-15(16)22-24-26/h1-8,10H,9,11H2,(H,21,23,27). The van der Waals surface area contributed by atoms with E-state index in [1.54, 1.807) is 29.1 Å². The van der Waals surface area contributed by atoms with Gasteiger partial charge in [-0.25, -0.2) is 9.07 Å². The molecule has 27 heavy (non-hydrogen) atoms. The summed E-state index contributed by atoms with van der Waals surface area (Å²) >= 11 is 3.37. The van der Waals surface area contributed by atoms with Crippen molar-refractivity contribution in [3.63, 3.8) is 0 Å². The number of aromatic nitrogens is 5. The minimum atomic E-state index is -0.298. The minimum Gasteiger partial charge on any atom is -0.307 e. The zero-order valence-electron chi connectivity index (χ0n) is 14.0. The van der Waals surface area contributed by atoms with Crippen LogP contribution in [0.1, 0.15) is 5.56 Å². The number of carbonyl (C=O) groups excluding carboxylic acids is 1. The molecule has 1 amide bonds. The van der Waals surface area contributed by atoms with Crippen LogP contribution in [0.3, 0.4) is 0 Å². The summed E-state index contributed by atoms with van der Waals surface area (Å²) < 4.78 is 17.5. The summed E-state index contributed by atoms with van der Waals surface area (Å²) in [5.74, 6) is -0.226. The lowest BCUT2D eigenvalue weighted by Gasteiger charge is -2.04. The monoisotopic (exact) mass is 428 g/mol. The highest BCUT2D eigenvalue weighted by Gasteiger charge is 2.14. The molecule has 7 nitrogen and oxygen atoms in total. The van der Waals surface area contributed by atoms with E-state index >= 15 is 0 Å². The Hall–Kier alpha value is -3.07. The molecule has 0 unspecified atom stereocenters. The number of amides is 1. The third kappa shape index (κ3) is 3.72. The highest BCUT2D eigenvalue weighted by Crippen LogP contribution is 2.21. The van der Waals surface area contributed by atoms with Crippen molar-refractivity contribution in [1.29, 1.82) is 0 Å². The van der Waals surface area contributed by atoms with E-state index in [1.165, 1.54) is 10.7 Å². The van der Waals surface area contributed by atoms with E-state index in [1.807, 2.05) is 24.3 Å². The molecule has 0 aliphatic rings. The number of hydrogen-bond acceptors (Lipinski definition) is 4. The van der Waals surface area contributed by atoms with Crippen molar-refractivity contribution in [1.82, 2.24) is 24.8 Å². The number of fused-ring (bicyclic) bond motifs is 1. The molecule has 0 atom stereocenters. The summed E-state index contributed by atoms with van der Waals surface area (Å²) in [6.45, 7) is 0.266. The summed E-state index contributed by atoms with van der Waals surface area (Å²) in [7, 11) is 0. The van der Waals surface area contributed by atoms with Crippen molar-refractivity contribution in [3.8, 4) is 0 Å². The number of nitrogens with one attached hydrogen (secondary N) is 1. The van der Waals surface area contributed by atoms with E-state index in [2.05, 4.69) is 36.7 Å². The van der Waals surface area contributed by atoms with Crippen LogP contribution in [0.15, 0.2) is 59.2 Å². The lowest BCUT2D eigenvalue weighted by Crippen LogP contribution is -2.20. The molecule has 9 heteroatoms. The normalized spacial score (nSPS) is 11.0. The van der Waals surface area contributed by atoms with Gasteiger partial charge in [-0.15, -0.1) is 5.10 Å². The van der Waals surface area contributed by atoms with E-state index < -0.39 is 0 Å². The van der Waals surface area contributed by atoms with Crippen LogP contribution in [0.4, 0.5) is 10.2 Å². The van der Waals surface area contributed by atoms with E-state index in [4.69, 9.17) is 0 Å². The molecular formula is C18H14BrFN6O. The molecule has 0 spiro atoms. The Kier molecular flexibility index (Phi) is 4.68. The van der Waals surface area contributed by atoms with Gasteiger partial charge in [-0.05, 0) is 34.1 Å². The average Bonchev–Trinajstić information content (AvgIpc) is 3.21. The first kappa shape index (κ1) is 17.3. The Morgan fingerprint density at radius 1 is 1.15 bits per heavy atom. The summed E-state index contributed by atoms with van der Waals surface area (Å²) in [6, 6.07) is 13.9. The Morgan fingerprint density at radius 3 is 2.78 bits per heavy atom. The molecule has 0 bridgehead atoms. The Morgan fingerprint density at radius 2 is 1.93 bits per heavy atom. The van der Waals surface area contributed by atoms with Crippen LogP contribution < -0.4 is 5.32 Å². The van der Waals surface area contributed by atoms with Crippen LogP contribution in [0, 0.1) is 5.82 Å². The maximum Gasteiger partial charge on any atom is 0.247 e. The number of hydrogen-bond donors (Lipinski definition) is 1. The molecule has 4 rings (SSSR count). The molecule has 0 radical (unpaired) electrons. The molecular weight excluding hydrogens is 415 g/mol. The second-order valence-corrected chi connectivity index (χ2v) is 6.75. The van der Waals surface area contributed by atoms with Gasteiger partial charge in [0.05, 0.1) is 16.5 Å². The molecule has 136 valence electrons. The Bertz CT molecular complexity index is 1120. The van der Waals surface area contributed by atoms with Crippen molar-refractivity contribution >= 4 is 38.7 Å². The van der Waals surface area contributed by atoms with Crippen molar-refractivity contribution in [3.05, 3.63) is 70.6 Å². The van der Waals surface area contributed by atoms with Crippen LogP contribution in [0.5, 0.6) is 0 Å². The predicted molar refractivity (Wildman–Crippen MR) is 102 cm³/mol. The van der Waals surface area contributed by atoms with Crippen LogP contribution in [0.25, 0.3) is 11.0 Å². The topological polar surface area (TPSA) is 77.6 Å². The third-order valence-corrected chi connectivity index (χ3v) is 4.56. The fourth-order valence-electron chi connectivity index (χ4n) is 2.71. The fourth-order valence-corrected chi connectivity index (χ4v) is 3.12. The smallest absolute Gasteiger partial charge is 0.247 e. The maximum absolute atomic E-state index is 13.8. The zero-order chi connectivity index (χ0) is 18.8. The summed E-state index contributed by atoms with van der Waals surface area (Å²) in [6.07, 6.45) is 1.69. The van der Waals surface area contributed by atoms with Gasteiger partial charge in [-0.2, -0.15) is 5.10 Å². The second kappa shape index (κ2) is 7.28. The van der Waals surface area contributed by atoms with Crippen LogP contribution in [-0.2, 0) is 17.9 Å². The molecule has 1 N–H and O–H groups in total. The van der Waals surface area contributed by atoms with Gasteiger partial charge in [-0.1, -0.05) is 35.5 Å². The minimum absolute atomic E-state index is 0.00707.